The van der Waals surface area contributed by atoms with E-state index in [1.807, 2.05) is 0 Å². The quantitative estimate of drug-likeness (QED) is 0.0822. The minimum atomic E-state index is -1.82. The van der Waals surface area contributed by atoms with Gasteiger partial charge in [0.25, 0.3) is 11.9 Å². The van der Waals surface area contributed by atoms with Crippen LogP contribution in [0, 0.1) is 0 Å². The van der Waals surface area contributed by atoms with E-state index in [2.05, 4.69) is 20.9 Å². The summed E-state index contributed by atoms with van der Waals surface area (Å²) < 4.78 is 0. The van der Waals surface area contributed by atoms with E-state index in [0.29, 0.717) is 26.2 Å². The van der Waals surface area contributed by atoms with Crippen LogP contribution in [0.5, 0.6) is 0 Å². The number of hydrogen-bond acceptors (Lipinski definition) is 8. The van der Waals surface area contributed by atoms with E-state index < -0.39 is 42.6 Å². The Morgan fingerprint density at radius 1 is 0.853 bits per heavy atom. The maximum atomic E-state index is 10.5. The molecule has 1 fully saturated rings. The van der Waals surface area contributed by atoms with Crippen molar-refractivity contribution < 1.29 is 151 Å². The number of carboxylic acid groups (broad SMARTS) is 2. The molecule has 0 aromatic heterocycles. The van der Waals surface area contributed by atoms with Crippen LogP contribution in [0.1, 0.15) is 0 Å². The average molecular weight is 722 g/mol. The van der Waals surface area contributed by atoms with E-state index >= 15 is 0 Å². The summed E-state index contributed by atoms with van der Waals surface area (Å²) >= 11 is 0. The van der Waals surface area contributed by atoms with Gasteiger partial charge in [0.05, 0.1) is 11.8 Å². The molecule has 2 rings (SSSR count). The molecule has 0 aromatic rings. The van der Waals surface area contributed by atoms with Crippen LogP contribution in [-0.2, 0) is 109 Å². The van der Waals surface area contributed by atoms with Gasteiger partial charge in [-0.2, -0.15) is 0 Å². The van der Waals surface area contributed by atoms with Crippen molar-refractivity contribution in [2.24, 2.45) is 4.99 Å². The number of rotatable bonds is 4. The molecule has 3 atom stereocenters. The first-order chi connectivity index (χ1) is 11.3. The summed E-state index contributed by atoms with van der Waals surface area (Å²) in [5, 5.41) is 62.2. The van der Waals surface area contributed by atoms with Crippen LogP contribution in [0.4, 0.5) is 0 Å². The third kappa shape index (κ3) is 21.8. The molecule has 23 N–H and O–H groups in total. The molecular formula is C12H36N4O14Zn4+2. The number of aliphatic hydroxyl groups excluding tert-OH is 2. The van der Waals surface area contributed by atoms with E-state index in [-0.39, 0.29) is 116 Å². The number of nitrogens with zero attached hydrogens (tertiary/aromatic N) is 3. The molecule has 0 radical (unpaired) electrons. The predicted octanol–water partition coefficient (Wildman–Crippen LogP) is -8.67. The zero-order valence-electron chi connectivity index (χ0n) is 18.7. The molecule has 1 saturated heterocycles. The third-order valence-electron chi connectivity index (χ3n) is 3.22. The Balaban J connectivity index is -0.0000000327. The van der Waals surface area contributed by atoms with Gasteiger partial charge >= 0.3 is 0 Å². The van der Waals surface area contributed by atoms with Gasteiger partial charge in [-0.05, 0) is 12.6 Å². The minimum Gasteiger partial charge on any atom is -0.648 e. The molecule has 22 heteroatoms. The summed E-state index contributed by atoms with van der Waals surface area (Å²) in [4.78, 5) is 24.7. The van der Waals surface area contributed by atoms with Crippen LogP contribution in [-0.4, -0.2) is 116 Å². The Hall–Kier alpha value is 0.584. The molecule has 2 aliphatic rings. The summed E-state index contributed by atoms with van der Waals surface area (Å²) in [5.74, 6) is -2.35. The molecule has 18 nitrogen and oxygen atoms in total. The van der Waals surface area contributed by atoms with Gasteiger partial charge in [0.2, 0.25) is 0 Å². The monoisotopic (exact) mass is 716 g/mol. The molecule has 3 unspecified atom stereocenters. The Morgan fingerprint density at radius 2 is 1.32 bits per heavy atom. The van der Waals surface area contributed by atoms with Crippen LogP contribution in [0.25, 0.3) is 10.6 Å². The van der Waals surface area contributed by atoms with E-state index in [4.69, 9.17) is 30.6 Å². The van der Waals surface area contributed by atoms with Gasteiger partial charge in [0.1, 0.15) is 0 Å². The zero-order valence-corrected chi connectivity index (χ0v) is 30.6. The predicted molar refractivity (Wildman–Crippen MR) is 107 cm³/mol. The number of piperazine rings is 1. The first-order valence-electron chi connectivity index (χ1n) is 7.04. The van der Waals surface area contributed by atoms with Gasteiger partial charge in [0.15, 0.2) is 12.6 Å². The third-order valence-corrected chi connectivity index (χ3v) is 3.22. The van der Waals surface area contributed by atoms with E-state index in [0.717, 1.165) is 0 Å². The molecule has 0 aliphatic carbocycles. The molecule has 0 saturated carbocycles. The summed E-state index contributed by atoms with van der Waals surface area (Å²) in [5.41, 5.74) is -0.186. The first kappa shape index (κ1) is 64.5. The van der Waals surface area contributed by atoms with Gasteiger partial charge in [-0.3, -0.25) is 14.6 Å². The Labute approximate surface area is 245 Å². The topological polar surface area (TPSA) is 403 Å². The van der Waals surface area contributed by atoms with Crippen LogP contribution in [0.15, 0.2) is 4.99 Å². The van der Waals surface area contributed by atoms with Crippen LogP contribution >= 0.6 is 0 Å². The standard InChI is InChI=1S/C6H11N2O4.C6H9N2O4.6H2O.4Zn/c2*9-5(10)3-4(6(11)12)8-2-1-7-3;;;;;;;;;;/h3-5,7,9-10H,1-2H2,(H,11,12);3,6,11-12H,1-2H2,(H,9,10);6*1H2;;;;/q2*-1;;;;;;;;;;/p+4. The number of carbonyl (C=O) groups is 2. The molecule has 0 bridgehead atoms. The smallest absolute Gasteiger partial charge is 0.291 e. The molecular weight excluding hydrogens is 686 g/mol. The minimum absolute atomic E-state index is 0. The van der Waals surface area contributed by atoms with Gasteiger partial charge in [0, 0.05) is 90.5 Å². The van der Waals surface area contributed by atoms with Crippen molar-refractivity contribution in [1.82, 2.24) is 5.32 Å². The normalized spacial score (nSPS) is 19.2. The molecule has 0 aromatic carbocycles. The number of aliphatic carboxylic acids is 2. The van der Waals surface area contributed by atoms with Gasteiger partial charge in [-0.15, -0.1) is 13.1 Å². The maximum Gasteiger partial charge on any atom is 0.291 e. The first-order valence-corrected chi connectivity index (χ1v) is 7.04. The number of aliphatic imine (C=N–C) groups is 1. The maximum absolute atomic E-state index is 10.5. The fraction of sp³-hybridized carbons (Fsp3) is 0.750. The van der Waals surface area contributed by atoms with Gasteiger partial charge in [-0.1, -0.05) is 0 Å². The van der Waals surface area contributed by atoms with Crippen LogP contribution in [0.3, 0.4) is 0 Å². The van der Waals surface area contributed by atoms with E-state index in [9.17, 15) is 9.59 Å². The zero-order chi connectivity index (χ0) is 18.3. The second-order valence-corrected chi connectivity index (χ2v) is 4.91. The summed E-state index contributed by atoms with van der Waals surface area (Å²) in [6, 6.07) is -3.14. The SMILES string of the molecule is O.O.O=C(O)C1[N-]CCN=C1C(O)O.O=C(O)C1[N-]CCNC1C(O)O.[OH3+].[OH3+].[OH3+].[OH3+].[Zn].[Zn].[Zn].[Zn]. The van der Waals surface area contributed by atoms with Crippen molar-refractivity contribution >= 4 is 17.7 Å². The summed E-state index contributed by atoms with van der Waals surface area (Å²) in [7, 11) is 0. The molecule has 34 heavy (non-hydrogen) atoms. The Bertz CT molecular complexity index is 496. The molecule has 2 heterocycles. The van der Waals surface area contributed by atoms with Gasteiger partial charge in [-0.25, -0.2) is 0 Å². The van der Waals surface area contributed by atoms with Crippen molar-refractivity contribution in [3.63, 3.8) is 0 Å². The Kier molecular flexibility index (Phi) is 63.8. The Morgan fingerprint density at radius 3 is 1.62 bits per heavy atom. The number of aliphatic hydroxyl groups is 4. The second-order valence-electron chi connectivity index (χ2n) is 4.91. The number of carboxylic acids is 2. The van der Waals surface area contributed by atoms with Crippen LogP contribution in [0.2, 0.25) is 0 Å². The largest absolute Gasteiger partial charge is 0.648 e. The summed E-state index contributed by atoms with van der Waals surface area (Å²) in [6.07, 6.45) is -3.51. The van der Waals surface area contributed by atoms with Gasteiger partial charge < -0.3 is 79.4 Å². The van der Waals surface area contributed by atoms with E-state index in [1.165, 1.54) is 0 Å². The summed E-state index contributed by atoms with van der Waals surface area (Å²) in [6.45, 7) is 1.50. The number of hydrogen-bond donors (Lipinski definition) is 7. The van der Waals surface area contributed by atoms with Crippen LogP contribution < -0.4 is 5.32 Å². The van der Waals surface area contributed by atoms with Crippen molar-refractivity contribution in [1.29, 1.82) is 0 Å². The fourth-order valence-corrected chi connectivity index (χ4v) is 2.13. The fourth-order valence-electron chi connectivity index (χ4n) is 2.13. The molecule has 0 amide bonds. The van der Waals surface area contributed by atoms with Crippen molar-refractivity contribution in [2.75, 3.05) is 26.2 Å². The van der Waals surface area contributed by atoms with E-state index in [1.54, 1.807) is 0 Å². The molecule has 2 aliphatic heterocycles. The second kappa shape index (κ2) is 33.6. The number of nitrogens with one attached hydrogen (secondary N) is 1. The molecule has 194 valence electrons. The van der Waals surface area contributed by atoms with Crippen molar-refractivity contribution in [3.05, 3.63) is 10.6 Å². The average Bonchev–Trinajstić information content (AvgIpc) is 2.55. The van der Waals surface area contributed by atoms with Crippen molar-refractivity contribution in [2.45, 2.75) is 30.7 Å². The molecule has 0 spiro atoms. The van der Waals surface area contributed by atoms with Crippen molar-refractivity contribution in [3.8, 4) is 0 Å².